The van der Waals surface area contributed by atoms with Crippen LogP contribution >= 0.6 is 0 Å². The quantitative estimate of drug-likeness (QED) is 0.503. The summed E-state index contributed by atoms with van der Waals surface area (Å²) >= 11 is 0. The molecule has 0 saturated heterocycles. The number of hydrogen-bond acceptors (Lipinski definition) is 5. The van der Waals surface area contributed by atoms with Crippen LogP contribution in [0.4, 0.5) is 14.5 Å². The molecule has 0 spiro atoms. The predicted molar refractivity (Wildman–Crippen MR) is 99.5 cm³/mol. The Bertz CT molecular complexity index is 1190. The molecule has 0 atom stereocenters. The van der Waals surface area contributed by atoms with Crippen LogP contribution in [0.15, 0.2) is 71.6 Å². The first-order valence-electron chi connectivity index (χ1n) is 8.04. The Balaban J connectivity index is 1.81. The number of nitrogens with one attached hydrogen (secondary N) is 1. The number of halogens is 2. The highest BCUT2D eigenvalue weighted by Crippen LogP contribution is 2.23. The van der Waals surface area contributed by atoms with Gasteiger partial charge in [0.05, 0.1) is 9.82 Å². The second kappa shape index (κ2) is 7.76. The van der Waals surface area contributed by atoms with Gasteiger partial charge in [0.25, 0.3) is 15.9 Å². The number of hydrogen-bond donors (Lipinski definition) is 1. The van der Waals surface area contributed by atoms with Crippen molar-refractivity contribution in [2.75, 3.05) is 0 Å². The van der Waals surface area contributed by atoms with Crippen LogP contribution in [-0.4, -0.2) is 19.2 Å². The van der Waals surface area contributed by atoms with E-state index in [9.17, 15) is 32.1 Å². The van der Waals surface area contributed by atoms with Crippen LogP contribution in [0.25, 0.3) is 11.1 Å². The molecule has 0 radical (unpaired) electrons. The topological polar surface area (TPSA) is 106 Å². The molecular formula is C19H12F2N2O5S. The highest BCUT2D eigenvalue weighted by Gasteiger charge is 2.23. The van der Waals surface area contributed by atoms with Crippen molar-refractivity contribution < 1.29 is 26.9 Å². The summed E-state index contributed by atoms with van der Waals surface area (Å²) in [7, 11) is -4.46. The van der Waals surface area contributed by atoms with E-state index in [0.717, 1.165) is 6.07 Å². The monoisotopic (exact) mass is 418 g/mol. The van der Waals surface area contributed by atoms with E-state index in [0.29, 0.717) is 23.3 Å². The highest BCUT2D eigenvalue weighted by atomic mass is 32.2. The van der Waals surface area contributed by atoms with Gasteiger partial charge in [-0.25, -0.2) is 17.5 Å². The first-order chi connectivity index (χ1) is 13.7. The molecule has 1 N–H and O–H groups in total. The van der Waals surface area contributed by atoms with E-state index in [1.807, 2.05) is 0 Å². The average Bonchev–Trinajstić information content (AvgIpc) is 2.68. The molecule has 3 rings (SSSR count). The molecule has 10 heteroatoms. The summed E-state index contributed by atoms with van der Waals surface area (Å²) in [5.41, 5.74) is 0.364. The van der Waals surface area contributed by atoms with E-state index in [-0.39, 0.29) is 5.56 Å². The molecule has 0 aliphatic heterocycles. The van der Waals surface area contributed by atoms with Crippen LogP contribution in [0.3, 0.4) is 0 Å². The van der Waals surface area contributed by atoms with Gasteiger partial charge in [0.1, 0.15) is 5.82 Å². The Morgan fingerprint density at radius 1 is 0.897 bits per heavy atom. The van der Waals surface area contributed by atoms with Gasteiger partial charge in [-0.1, -0.05) is 24.3 Å². The molecule has 0 aliphatic rings. The van der Waals surface area contributed by atoms with E-state index < -0.39 is 43.1 Å². The van der Waals surface area contributed by atoms with E-state index in [2.05, 4.69) is 0 Å². The predicted octanol–water partition coefficient (Wildman–Crippen LogP) is 3.66. The maximum atomic E-state index is 13.4. The highest BCUT2D eigenvalue weighted by molar-refractivity contribution is 7.90. The molecule has 0 fully saturated rings. The molecule has 0 aliphatic carbocycles. The van der Waals surface area contributed by atoms with Crippen molar-refractivity contribution in [1.82, 2.24) is 4.72 Å². The van der Waals surface area contributed by atoms with Gasteiger partial charge in [0.2, 0.25) is 5.82 Å². The minimum Gasteiger partial charge on any atom is -0.268 e. The number of nitro groups is 1. The fraction of sp³-hybridized carbons (Fsp3) is 0. The van der Waals surface area contributed by atoms with Gasteiger partial charge in [-0.2, -0.15) is 4.39 Å². The summed E-state index contributed by atoms with van der Waals surface area (Å²) in [4.78, 5) is 21.4. The molecule has 7 nitrogen and oxygen atoms in total. The SMILES string of the molecule is O=C(NS(=O)(=O)c1ccc(F)c([N+](=O)[O-])c1)c1ccc(-c2ccc(F)cc2)cc1. The van der Waals surface area contributed by atoms with Gasteiger partial charge >= 0.3 is 5.69 Å². The minimum absolute atomic E-state index is 0.0102. The van der Waals surface area contributed by atoms with Gasteiger partial charge in [0.15, 0.2) is 0 Å². The third-order valence-corrected chi connectivity index (χ3v) is 5.30. The molecule has 3 aromatic rings. The summed E-state index contributed by atoms with van der Waals surface area (Å²) in [5, 5.41) is 10.8. The Hall–Kier alpha value is -3.66. The van der Waals surface area contributed by atoms with E-state index >= 15 is 0 Å². The lowest BCUT2D eigenvalue weighted by Crippen LogP contribution is -2.30. The van der Waals surface area contributed by atoms with Crippen LogP contribution in [-0.2, 0) is 10.0 Å². The lowest BCUT2D eigenvalue weighted by atomic mass is 10.0. The van der Waals surface area contributed by atoms with Crippen molar-refractivity contribution in [3.63, 3.8) is 0 Å². The first kappa shape index (κ1) is 20.1. The van der Waals surface area contributed by atoms with Crippen LogP contribution in [0, 0.1) is 21.7 Å². The maximum absolute atomic E-state index is 13.4. The Morgan fingerprint density at radius 3 is 2.00 bits per heavy atom. The van der Waals surface area contributed by atoms with Gasteiger partial charge in [-0.05, 0) is 47.5 Å². The van der Waals surface area contributed by atoms with E-state index in [4.69, 9.17) is 0 Å². The van der Waals surface area contributed by atoms with Crippen LogP contribution < -0.4 is 4.72 Å². The third-order valence-electron chi connectivity index (χ3n) is 3.98. The zero-order chi connectivity index (χ0) is 21.2. The Labute approximate surface area is 163 Å². The number of amides is 1. The zero-order valence-electron chi connectivity index (χ0n) is 14.5. The molecule has 148 valence electrons. The lowest BCUT2D eigenvalue weighted by Gasteiger charge is -2.08. The van der Waals surface area contributed by atoms with Gasteiger partial charge in [0, 0.05) is 11.6 Å². The van der Waals surface area contributed by atoms with Gasteiger partial charge < -0.3 is 0 Å². The molecule has 0 heterocycles. The minimum atomic E-state index is -4.46. The fourth-order valence-electron chi connectivity index (χ4n) is 2.50. The summed E-state index contributed by atoms with van der Waals surface area (Å²) in [6.45, 7) is 0. The zero-order valence-corrected chi connectivity index (χ0v) is 15.3. The summed E-state index contributed by atoms with van der Waals surface area (Å²) in [6, 6.07) is 13.5. The van der Waals surface area contributed by atoms with Crippen molar-refractivity contribution in [1.29, 1.82) is 0 Å². The molecule has 0 saturated carbocycles. The van der Waals surface area contributed by atoms with Crippen LogP contribution in [0.5, 0.6) is 0 Å². The molecule has 29 heavy (non-hydrogen) atoms. The number of carbonyl (C=O) groups is 1. The number of nitro benzene ring substituents is 1. The second-order valence-electron chi connectivity index (χ2n) is 5.89. The van der Waals surface area contributed by atoms with Crippen molar-refractivity contribution in [3.8, 4) is 11.1 Å². The second-order valence-corrected chi connectivity index (χ2v) is 7.57. The Kier molecular flexibility index (Phi) is 5.37. The first-order valence-corrected chi connectivity index (χ1v) is 9.53. The van der Waals surface area contributed by atoms with Crippen molar-refractivity contribution in [2.24, 2.45) is 0 Å². The number of nitrogens with zero attached hydrogens (tertiary/aromatic N) is 1. The average molecular weight is 418 g/mol. The normalized spacial score (nSPS) is 11.1. The third kappa shape index (κ3) is 4.43. The van der Waals surface area contributed by atoms with Gasteiger partial charge in [-0.3, -0.25) is 14.9 Å². The van der Waals surface area contributed by atoms with Crippen LogP contribution in [0.1, 0.15) is 10.4 Å². The maximum Gasteiger partial charge on any atom is 0.306 e. The molecule has 0 bridgehead atoms. The van der Waals surface area contributed by atoms with Crippen molar-refractivity contribution >= 4 is 21.6 Å². The van der Waals surface area contributed by atoms with Crippen LogP contribution in [0.2, 0.25) is 0 Å². The summed E-state index contributed by atoms with van der Waals surface area (Å²) in [6.07, 6.45) is 0. The van der Waals surface area contributed by atoms with Crippen molar-refractivity contribution in [2.45, 2.75) is 4.90 Å². The van der Waals surface area contributed by atoms with E-state index in [1.165, 1.54) is 24.3 Å². The largest absolute Gasteiger partial charge is 0.306 e. The molecule has 0 aromatic heterocycles. The molecule has 0 unspecified atom stereocenters. The number of sulfonamides is 1. The van der Waals surface area contributed by atoms with Gasteiger partial charge in [-0.15, -0.1) is 0 Å². The lowest BCUT2D eigenvalue weighted by molar-refractivity contribution is -0.387. The van der Waals surface area contributed by atoms with Crippen molar-refractivity contribution in [3.05, 3.63) is 94.0 Å². The fourth-order valence-corrected chi connectivity index (χ4v) is 3.49. The number of carbonyl (C=O) groups excluding carboxylic acids is 1. The summed E-state index contributed by atoms with van der Waals surface area (Å²) in [5.74, 6) is -2.56. The Morgan fingerprint density at radius 2 is 1.45 bits per heavy atom. The standard InChI is InChI=1S/C19H12F2N2O5S/c20-15-7-5-13(6-8-15)12-1-3-14(4-2-12)19(24)22-29(27,28)16-9-10-17(21)18(11-16)23(25)26/h1-11H,(H,22,24). The van der Waals surface area contributed by atoms with E-state index in [1.54, 1.807) is 29.0 Å². The summed E-state index contributed by atoms with van der Waals surface area (Å²) < 4.78 is 52.8. The number of rotatable bonds is 5. The smallest absolute Gasteiger partial charge is 0.268 e. The number of benzene rings is 3. The molecule has 1 amide bonds. The molecular weight excluding hydrogens is 406 g/mol. The molecule has 3 aromatic carbocycles.